The Balaban J connectivity index is 1.39. The third-order valence-electron chi connectivity index (χ3n) is 7.53. The molecule has 0 spiro atoms. The highest BCUT2D eigenvalue weighted by Crippen LogP contribution is 2.66. The normalized spacial score (nSPS) is 32.0. The fraction of sp³-hybridized carbons (Fsp3) is 0.440. The van der Waals surface area contributed by atoms with Crippen LogP contribution in [0, 0.1) is 17.3 Å². The van der Waals surface area contributed by atoms with Crippen LogP contribution in [0.5, 0.6) is 5.75 Å². The van der Waals surface area contributed by atoms with Crippen molar-refractivity contribution in [2.45, 2.75) is 50.4 Å². The smallest absolute Gasteiger partial charge is 0.303 e. The molecule has 4 aliphatic carbocycles. The second-order valence-corrected chi connectivity index (χ2v) is 10.7. The molecule has 4 saturated carbocycles. The highest BCUT2D eigenvalue weighted by atomic mass is 79.9. The van der Waals surface area contributed by atoms with Crippen LogP contribution in [-0.2, 0) is 10.2 Å². The van der Waals surface area contributed by atoms with E-state index in [4.69, 9.17) is 0 Å². The molecule has 0 amide bonds. The summed E-state index contributed by atoms with van der Waals surface area (Å²) in [4.78, 5) is 16.1. The molecule has 156 valence electrons. The lowest BCUT2D eigenvalue weighted by Gasteiger charge is -2.62. The lowest BCUT2D eigenvalue weighted by molar-refractivity contribution is -0.146. The number of hydrogen-bond donors (Lipinski definition) is 2. The maximum absolute atomic E-state index is 11.6. The molecule has 5 heteroatoms. The predicted molar refractivity (Wildman–Crippen MR) is 121 cm³/mol. The number of halogens is 1. The van der Waals surface area contributed by atoms with Crippen molar-refractivity contribution in [3.8, 4) is 5.75 Å². The minimum atomic E-state index is -0.646. The van der Waals surface area contributed by atoms with E-state index in [9.17, 15) is 15.0 Å². The summed E-state index contributed by atoms with van der Waals surface area (Å²) >= 11 is 3.42. The second kappa shape index (κ2) is 7.23. The molecule has 2 atom stereocenters. The van der Waals surface area contributed by atoms with E-state index in [-0.39, 0.29) is 16.6 Å². The van der Waals surface area contributed by atoms with Gasteiger partial charge in [-0.15, -0.1) is 0 Å². The Hall–Kier alpha value is -2.14. The Morgan fingerprint density at radius 2 is 1.80 bits per heavy atom. The number of aliphatic carboxylic acids is 1. The number of phenols is 1. The molecule has 6 rings (SSSR count). The van der Waals surface area contributed by atoms with E-state index in [0.717, 1.165) is 29.4 Å². The summed E-state index contributed by atoms with van der Waals surface area (Å²) in [7, 11) is 0. The lowest BCUT2D eigenvalue weighted by atomic mass is 9.42. The summed E-state index contributed by atoms with van der Waals surface area (Å²) in [5, 5.41) is 19.5. The van der Waals surface area contributed by atoms with E-state index >= 15 is 0 Å². The first kappa shape index (κ1) is 19.8. The van der Waals surface area contributed by atoms with Crippen LogP contribution in [0.4, 0.5) is 5.69 Å². The van der Waals surface area contributed by atoms with E-state index in [1.54, 1.807) is 18.3 Å². The molecule has 0 radical (unpaired) electrons. The van der Waals surface area contributed by atoms with Gasteiger partial charge in [0.05, 0.1) is 12.1 Å². The molecule has 4 bridgehead atoms. The zero-order chi connectivity index (χ0) is 20.9. The maximum atomic E-state index is 11.6. The van der Waals surface area contributed by atoms with Crippen LogP contribution in [0.1, 0.15) is 56.1 Å². The van der Waals surface area contributed by atoms with Crippen LogP contribution in [0.2, 0.25) is 0 Å². The molecule has 30 heavy (non-hydrogen) atoms. The molecule has 2 N–H and O–H groups in total. The van der Waals surface area contributed by atoms with E-state index < -0.39 is 5.97 Å². The van der Waals surface area contributed by atoms with E-state index in [1.165, 1.54) is 24.8 Å². The molecule has 0 aromatic heterocycles. The van der Waals surface area contributed by atoms with Gasteiger partial charge in [-0.1, -0.05) is 28.1 Å². The van der Waals surface area contributed by atoms with Crippen LogP contribution in [0.25, 0.3) is 0 Å². The third-order valence-corrected chi connectivity index (χ3v) is 8.02. The van der Waals surface area contributed by atoms with Crippen molar-refractivity contribution in [2.75, 3.05) is 0 Å². The van der Waals surface area contributed by atoms with Gasteiger partial charge in [0.15, 0.2) is 0 Å². The molecular formula is C25H26BrNO3. The van der Waals surface area contributed by atoms with Crippen molar-refractivity contribution in [1.29, 1.82) is 0 Å². The molecule has 0 heterocycles. The molecule has 4 aliphatic rings. The Labute approximate surface area is 185 Å². The number of hydrogen-bond acceptors (Lipinski definition) is 3. The average Bonchev–Trinajstić information content (AvgIpc) is 2.67. The Bertz CT molecular complexity index is 1000. The summed E-state index contributed by atoms with van der Waals surface area (Å²) < 4.78 is 0.897. The number of carbonyl (C=O) groups is 1. The molecule has 4 nitrogen and oxygen atoms in total. The van der Waals surface area contributed by atoms with Crippen LogP contribution in [-0.4, -0.2) is 22.4 Å². The number of aliphatic imine (C=N–C) groups is 1. The molecule has 0 aliphatic heterocycles. The quantitative estimate of drug-likeness (QED) is 0.512. The molecular weight excluding hydrogens is 442 g/mol. The fourth-order valence-electron chi connectivity index (χ4n) is 6.99. The summed E-state index contributed by atoms with van der Waals surface area (Å²) in [5.74, 6) is 0.897. The maximum Gasteiger partial charge on any atom is 0.303 e. The van der Waals surface area contributed by atoms with E-state index in [1.807, 2.05) is 18.2 Å². The molecule has 4 fully saturated rings. The van der Waals surface area contributed by atoms with Gasteiger partial charge in [0.2, 0.25) is 0 Å². The van der Waals surface area contributed by atoms with Crippen molar-refractivity contribution < 1.29 is 15.0 Å². The van der Waals surface area contributed by atoms with Crippen LogP contribution >= 0.6 is 15.9 Å². The monoisotopic (exact) mass is 467 g/mol. The van der Waals surface area contributed by atoms with Crippen molar-refractivity contribution in [3.05, 3.63) is 58.1 Å². The molecule has 2 aromatic rings. The standard InChI is InChI=1S/C25H26BrNO3/c26-20-3-6-22(28)18(8-20)14-27-21-4-1-19(2-5-21)25-11-16-7-17(12-25)10-24(9-16,15-25)13-23(29)30/h1-6,8,14,16-17,28H,7,9-13,15H2,(H,29,30)/t16-,17-,24?,25?/m1/s1. The number of rotatable bonds is 5. The summed E-state index contributed by atoms with van der Waals surface area (Å²) in [6.07, 6.45) is 8.86. The first-order valence-electron chi connectivity index (χ1n) is 10.7. The third kappa shape index (κ3) is 3.58. The highest BCUT2D eigenvalue weighted by molar-refractivity contribution is 9.10. The SMILES string of the molecule is O=C(O)CC12C[C@H]3C[C@H](C1)CC(c1ccc(N=Cc4cc(Br)ccc4O)cc1)(C3)C2. The predicted octanol–water partition coefficient (Wildman–Crippen LogP) is 6.22. The summed E-state index contributed by atoms with van der Waals surface area (Å²) in [6, 6.07) is 13.7. The summed E-state index contributed by atoms with van der Waals surface area (Å²) in [5.41, 5.74) is 2.99. The van der Waals surface area contributed by atoms with Crippen molar-refractivity contribution in [1.82, 2.24) is 0 Å². The van der Waals surface area contributed by atoms with Crippen LogP contribution in [0.15, 0.2) is 51.9 Å². The Morgan fingerprint density at radius 3 is 2.47 bits per heavy atom. The largest absolute Gasteiger partial charge is 0.507 e. The van der Waals surface area contributed by atoms with E-state index in [2.05, 4.69) is 33.1 Å². The fourth-order valence-corrected chi connectivity index (χ4v) is 7.37. The van der Waals surface area contributed by atoms with Gasteiger partial charge in [-0.05, 0) is 97.1 Å². The number of carboxylic acids is 1. The van der Waals surface area contributed by atoms with Gasteiger partial charge in [-0.2, -0.15) is 0 Å². The zero-order valence-corrected chi connectivity index (χ0v) is 18.4. The lowest BCUT2D eigenvalue weighted by Crippen LogP contribution is -2.54. The van der Waals surface area contributed by atoms with Crippen molar-refractivity contribution in [2.24, 2.45) is 22.2 Å². The van der Waals surface area contributed by atoms with Gasteiger partial charge in [0, 0.05) is 16.3 Å². The minimum Gasteiger partial charge on any atom is -0.507 e. The minimum absolute atomic E-state index is 0.00896. The van der Waals surface area contributed by atoms with Gasteiger partial charge in [0.25, 0.3) is 0 Å². The zero-order valence-electron chi connectivity index (χ0n) is 16.9. The van der Waals surface area contributed by atoms with Crippen molar-refractivity contribution >= 4 is 33.8 Å². The van der Waals surface area contributed by atoms with E-state index in [0.29, 0.717) is 23.8 Å². The van der Waals surface area contributed by atoms with Crippen LogP contribution in [0.3, 0.4) is 0 Å². The molecule has 0 saturated heterocycles. The van der Waals surface area contributed by atoms with Crippen molar-refractivity contribution in [3.63, 3.8) is 0 Å². The Kier molecular flexibility index (Phi) is 4.77. The first-order valence-corrected chi connectivity index (χ1v) is 11.5. The topological polar surface area (TPSA) is 69.9 Å². The number of benzene rings is 2. The van der Waals surface area contributed by atoms with Gasteiger partial charge in [-0.3, -0.25) is 9.79 Å². The molecule has 2 aromatic carbocycles. The van der Waals surface area contributed by atoms with Gasteiger partial charge in [-0.25, -0.2) is 0 Å². The second-order valence-electron chi connectivity index (χ2n) is 9.82. The van der Waals surface area contributed by atoms with Gasteiger partial charge >= 0.3 is 5.97 Å². The highest BCUT2D eigenvalue weighted by Gasteiger charge is 2.58. The van der Waals surface area contributed by atoms with Crippen LogP contribution < -0.4 is 0 Å². The number of aromatic hydroxyl groups is 1. The average molecular weight is 468 g/mol. The van der Waals surface area contributed by atoms with Gasteiger partial charge < -0.3 is 10.2 Å². The summed E-state index contributed by atoms with van der Waals surface area (Å²) in [6.45, 7) is 0. The Morgan fingerprint density at radius 1 is 1.10 bits per heavy atom. The molecule has 0 unspecified atom stereocenters. The van der Waals surface area contributed by atoms with Gasteiger partial charge in [0.1, 0.15) is 5.75 Å². The number of nitrogens with zero attached hydrogens (tertiary/aromatic N) is 1. The number of phenolic OH excluding ortho intramolecular Hbond substituents is 1. The first-order chi connectivity index (χ1) is 14.3. The number of carboxylic acid groups (broad SMARTS) is 1.